The number of nitrogens with zero attached hydrogens (tertiary/aromatic N) is 4. The van der Waals surface area contributed by atoms with Crippen LogP contribution in [0.5, 0.6) is 0 Å². The second kappa shape index (κ2) is 3.32. The molecule has 0 radical (unpaired) electrons. The minimum atomic E-state index is 0.280. The van der Waals surface area contributed by atoms with E-state index in [0.29, 0.717) is 11.7 Å². The average Bonchev–Trinajstić information content (AvgIpc) is 3.02. The fourth-order valence-corrected chi connectivity index (χ4v) is 3.34. The van der Waals surface area contributed by atoms with Crippen LogP contribution in [-0.4, -0.2) is 32.5 Å². The minimum absolute atomic E-state index is 0.280. The first kappa shape index (κ1) is 9.65. The zero-order valence-corrected chi connectivity index (χ0v) is 9.98. The molecule has 1 saturated carbocycles. The lowest BCUT2D eigenvalue weighted by molar-refractivity contribution is 0.551. The van der Waals surface area contributed by atoms with Gasteiger partial charge in [0.25, 0.3) is 0 Å². The number of halogens is 1. The third kappa shape index (κ3) is 1.35. The van der Waals surface area contributed by atoms with Crippen LogP contribution in [0.2, 0.25) is 5.28 Å². The van der Waals surface area contributed by atoms with Gasteiger partial charge >= 0.3 is 0 Å². The summed E-state index contributed by atoms with van der Waals surface area (Å²) in [5.74, 6) is 1.75. The van der Waals surface area contributed by atoms with Crippen molar-refractivity contribution < 1.29 is 0 Å². The zero-order chi connectivity index (χ0) is 11.4. The topological polar surface area (TPSA) is 57.7 Å². The molecule has 5 nitrogen and oxygen atoms in total. The van der Waals surface area contributed by atoms with Crippen molar-refractivity contribution in [3.8, 4) is 0 Å². The van der Waals surface area contributed by atoms with Crippen molar-refractivity contribution in [2.45, 2.75) is 25.3 Å². The van der Waals surface area contributed by atoms with E-state index < -0.39 is 0 Å². The Hall–Kier alpha value is -1.36. The molecule has 1 saturated heterocycles. The van der Waals surface area contributed by atoms with Gasteiger partial charge in [-0.3, -0.25) is 0 Å². The molecule has 2 bridgehead atoms. The summed E-state index contributed by atoms with van der Waals surface area (Å²) in [7, 11) is 0. The molecular weight excluding hydrogens is 238 g/mol. The van der Waals surface area contributed by atoms with Gasteiger partial charge in [-0.25, -0.2) is 4.98 Å². The molecular formula is C11H12ClN5. The fraction of sp³-hybridized carbons (Fsp3) is 0.545. The number of piperidine rings is 1. The molecule has 0 aromatic carbocycles. The zero-order valence-electron chi connectivity index (χ0n) is 9.23. The van der Waals surface area contributed by atoms with Gasteiger partial charge in [0.15, 0.2) is 11.5 Å². The highest BCUT2D eigenvalue weighted by Gasteiger charge is 2.39. The summed E-state index contributed by atoms with van der Waals surface area (Å²) in [5.41, 5.74) is 1.56. The van der Waals surface area contributed by atoms with Crippen LogP contribution in [0.1, 0.15) is 19.3 Å². The maximum Gasteiger partial charge on any atom is 0.226 e. The van der Waals surface area contributed by atoms with Crippen LogP contribution in [0, 0.1) is 5.92 Å². The van der Waals surface area contributed by atoms with Crippen LogP contribution in [0.25, 0.3) is 11.2 Å². The Morgan fingerprint density at radius 3 is 3.06 bits per heavy atom. The third-order valence-electron chi connectivity index (χ3n) is 3.92. The van der Waals surface area contributed by atoms with E-state index in [1.165, 1.54) is 19.3 Å². The Morgan fingerprint density at radius 1 is 1.35 bits per heavy atom. The van der Waals surface area contributed by atoms with Gasteiger partial charge in [0, 0.05) is 12.6 Å². The van der Waals surface area contributed by atoms with Crippen molar-refractivity contribution in [2.24, 2.45) is 5.92 Å². The lowest BCUT2D eigenvalue weighted by Crippen LogP contribution is -2.32. The molecule has 17 heavy (non-hydrogen) atoms. The molecule has 2 unspecified atom stereocenters. The molecule has 1 N–H and O–H groups in total. The monoisotopic (exact) mass is 249 g/mol. The summed E-state index contributed by atoms with van der Waals surface area (Å²) in [6.07, 6.45) is 5.55. The number of hydrogen-bond acceptors (Lipinski definition) is 4. The largest absolute Gasteiger partial charge is 0.351 e. The summed E-state index contributed by atoms with van der Waals surface area (Å²) in [6.45, 7) is 1.09. The molecule has 2 aromatic rings. The molecule has 0 amide bonds. The quantitative estimate of drug-likeness (QED) is 0.786. The summed E-state index contributed by atoms with van der Waals surface area (Å²) < 4.78 is 0. The van der Waals surface area contributed by atoms with Crippen LogP contribution in [0.15, 0.2) is 6.33 Å². The maximum absolute atomic E-state index is 5.96. The highest BCUT2D eigenvalue weighted by atomic mass is 35.5. The number of imidazole rings is 1. The normalized spacial score (nSPS) is 27.2. The first-order valence-electron chi connectivity index (χ1n) is 5.94. The molecule has 2 aromatic heterocycles. The number of aromatic amines is 1. The molecule has 2 aliphatic rings. The lowest BCUT2D eigenvalue weighted by atomic mass is 10.1. The molecule has 88 valence electrons. The van der Waals surface area contributed by atoms with Gasteiger partial charge < -0.3 is 9.88 Å². The van der Waals surface area contributed by atoms with Gasteiger partial charge in [0.2, 0.25) is 5.28 Å². The standard InChI is InChI=1S/C11H12ClN5/c12-11-15-9-8(13-5-14-9)10(16-11)17-4-6-1-2-7(17)3-6/h5-7H,1-4H2,(H,13,14,15,16). The van der Waals surface area contributed by atoms with Gasteiger partial charge in [-0.2, -0.15) is 9.97 Å². The minimum Gasteiger partial charge on any atom is -0.351 e. The van der Waals surface area contributed by atoms with Gasteiger partial charge in [-0.15, -0.1) is 0 Å². The molecule has 2 fully saturated rings. The van der Waals surface area contributed by atoms with E-state index in [0.717, 1.165) is 23.8 Å². The first-order chi connectivity index (χ1) is 8.31. The average molecular weight is 250 g/mol. The molecule has 2 atom stereocenters. The Kier molecular flexibility index (Phi) is 1.88. The van der Waals surface area contributed by atoms with Crippen LogP contribution >= 0.6 is 11.6 Å². The maximum atomic E-state index is 5.96. The smallest absolute Gasteiger partial charge is 0.226 e. The Morgan fingerprint density at radius 2 is 2.29 bits per heavy atom. The second-order valence-corrected chi connectivity index (χ2v) is 5.24. The van der Waals surface area contributed by atoms with Crippen LogP contribution < -0.4 is 4.90 Å². The fourth-order valence-electron chi connectivity index (χ4n) is 3.18. The van der Waals surface area contributed by atoms with E-state index in [-0.39, 0.29) is 5.28 Å². The highest BCUT2D eigenvalue weighted by Crippen LogP contribution is 2.41. The second-order valence-electron chi connectivity index (χ2n) is 4.90. The molecule has 4 rings (SSSR count). The highest BCUT2D eigenvalue weighted by molar-refractivity contribution is 6.28. The molecule has 0 spiro atoms. The Labute approximate surface area is 103 Å². The van der Waals surface area contributed by atoms with Crippen LogP contribution in [0.4, 0.5) is 5.82 Å². The molecule has 1 aliphatic carbocycles. The Bertz CT molecular complexity index is 580. The van der Waals surface area contributed by atoms with Gasteiger partial charge in [-0.1, -0.05) is 0 Å². The van der Waals surface area contributed by atoms with Crippen molar-refractivity contribution in [3.63, 3.8) is 0 Å². The van der Waals surface area contributed by atoms with E-state index in [1.54, 1.807) is 6.33 Å². The lowest BCUT2D eigenvalue weighted by Gasteiger charge is -2.28. The summed E-state index contributed by atoms with van der Waals surface area (Å²) >= 11 is 5.96. The number of fused-ring (bicyclic) bond motifs is 3. The van der Waals surface area contributed by atoms with Gasteiger partial charge in [0.1, 0.15) is 5.52 Å². The molecule has 1 aliphatic heterocycles. The number of rotatable bonds is 1. The van der Waals surface area contributed by atoms with Crippen molar-refractivity contribution in [1.29, 1.82) is 0 Å². The van der Waals surface area contributed by atoms with E-state index in [4.69, 9.17) is 11.6 Å². The number of aromatic nitrogens is 4. The third-order valence-corrected chi connectivity index (χ3v) is 4.09. The van der Waals surface area contributed by atoms with Crippen LogP contribution in [0.3, 0.4) is 0 Å². The number of nitrogens with one attached hydrogen (secondary N) is 1. The summed E-state index contributed by atoms with van der Waals surface area (Å²) in [4.78, 5) is 18.1. The van der Waals surface area contributed by atoms with Crippen molar-refractivity contribution >= 4 is 28.6 Å². The van der Waals surface area contributed by atoms with Crippen molar-refractivity contribution in [1.82, 2.24) is 19.9 Å². The summed E-state index contributed by atoms with van der Waals surface area (Å²) in [6, 6.07) is 0.623. The van der Waals surface area contributed by atoms with Crippen molar-refractivity contribution in [3.05, 3.63) is 11.6 Å². The van der Waals surface area contributed by atoms with Gasteiger partial charge in [0.05, 0.1) is 6.33 Å². The SMILES string of the molecule is Clc1nc(N2CC3CCC2C3)c2[nH]cnc2n1. The number of hydrogen-bond donors (Lipinski definition) is 1. The van der Waals surface area contributed by atoms with Crippen molar-refractivity contribution in [2.75, 3.05) is 11.4 Å². The Balaban J connectivity index is 1.87. The van der Waals surface area contributed by atoms with E-state index in [2.05, 4.69) is 24.8 Å². The van der Waals surface area contributed by atoms with E-state index in [9.17, 15) is 0 Å². The predicted octanol–water partition coefficient (Wildman–Crippen LogP) is 1.99. The van der Waals surface area contributed by atoms with Crippen LogP contribution in [-0.2, 0) is 0 Å². The summed E-state index contributed by atoms with van der Waals surface area (Å²) in [5, 5.41) is 0.280. The van der Waals surface area contributed by atoms with Gasteiger partial charge in [-0.05, 0) is 36.8 Å². The number of anilines is 1. The van der Waals surface area contributed by atoms with E-state index >= 15 is 0 Å². The molecule has 6 heteroatoms. The molecule has 3 heterocycles. The number of H-pyrrole nitrogens is 1. The van der Waals surface area contributed by atoms with E-state index in [1.807, 2.05) is 0 Å². The first-order valence-corrected chi connectivity index (χ1v) is 6.32. The predicted molar refractivity (Wildman–Crippen MR) is 65.2 cm³/mol.